The van der Waals surface area contributed by atoms with Gasteiger partial charge in [0.05, 0.1) is 0 Å². The van der Waals surface area contributed by atoms with Gasteiger partial charge in [0.1, 0.15) is 0 Å². The molecule has 1 aliphatic carbocycles. The average molecular weight is 335 g/mol. The topological polar surface area (TPSA) is 40.5 Å². The van der Waals surface area contributed by atoms with Crippen LogP contribution in [0.3, 0.4) is 0 Å². The van der Waals surface area contributed by atoms with E-state index < -0.39 is 18.2 Å². The Hall–Kier alpha value is -0.780. The maximum Gasteiger partial charge on any atom is 0.414 e. The van der Waals surface area contributed by atoms with Crippen LogP contribution in [0.4, 0.5) is 13.2 Å². The molecule has 0 bridgehead atoms. The van der Waals surface area contributed by atoms with Crippen molar-refractivity contribution < 1.29 is 23.1 Å². The van der Waals surface area contributed by atoms with Gasteiger partial charge in [0.15, 0.2) is 6.10 Å². The highest BCUT2D eigenvalue weighted by Crippen LogP contribution is 2.34. The molecule has 2 unspecified atom stereocenters. The largest absolute Gasteiger partial charge is 0.414 e. The second-order valence-corrected chi connectivity index (χ2v) is 7.28. The summed E-state index contributed by atoms with van der Waals surface area (Å²) in [6, 6.07) is 0. The molecule has 23 heavy (non-hydrogen) atoms. The number of amides is 1. The van der Waals surface area contributed by atoms with Crippen LogP contribution in [0.2, 0.25) is 0 Å². The molecule has 1 amide bonds. The summed E-state index contributed by atoms with van der Waals surface area (Å²) in [5.74, 6) is 0.233. The molecule has 2 fully saturated rings. The minimum absolute atomic E-state index is 0.0584. The van der Waals surface area contributed by atoms with E-state index >= 15 is 0 Å². The molecule has 134 valence electrons. The van der Waals surface area contributed by atoms with E-state index in [1.807, 2.05) is 0 Å². The number of aliphatic hydroxyl groups excluding tert-OH is 1. The lowest BCUT2D eigenvalue weighted by molar-refractivity contribution is -0.222. The predicted octanol–water partition coefficient (Wildman–Crippen LogP) is 3.75. The van der Waals surface area contributed by atoms with E-state index in [-0.39, 0.29) is 18.7 Å². The number of nitrogens with zero attached hydrogens (tertiary/aromatic N) is 1. The summed E-state index contributed by atoms with van der Waals surface area (Å²) in [7, 11) is 0. The van der Waals surface area contributed by atoms with E-state index in [0.717, 1.165) is 0 Å². The highest BCUT2D eigenvalue weighted by atomic mass is 19.4. The van der Waals surface area contributed by atoms with Crippen LogP contribution < -0.4 is 0 Å². The molecule has 1 saturated carbocycles. The molecule has 1 N–H and O–H groups in total. The summed E-state index contributed by atoms with van der Waals surface area (Å²) in [5.41, 5.74) is 0. The molecule has 2 atom stereocenters. The Kier molecular flexibility index (Phi) is 6.34. The number of hydrogen-bond acceptors (Lipinski definition) is 2. The van der Waals surface area contributed by atoms with Crippen LogP contribution in [0.15, 0.2) is 0 Å². The fourth-order valence-electron chi connectivity index (χ4n) is 4.01. The molecular formula is C17H28F3NO2. The zero-order valence-corrected chi connectivity index (χ0v) is 13.8. The van der Waals surface area contributed by atoms with E-state index in [1.165, 1.54) is 32.1 Å². The number of likely N-dealkylation sites (tertiary alicyclic amines) is 1. The number of halogens is 3. The molecule has 0 aromatic heterocycles. The monoisotopic (exact) mass is 335 g/mol. The maximum absolute atomic E-state index is 12.5. The Morgan fingerprint density at radius 2 is 1.65 bits per heavy atom. The second kappa shape index (κ2) is 7.86. The Balaban J connectivity index is 1.77. The molecule has 2 rings (SSSR count). The van der Waals surface area contributed by atoms with Gasteiger partial charge in [0.25, 0.3) is 0 Å². The van der Waals surface area contributed by atoms with Crippen molar-refractivity contribution in [3.63, 3.8) is 0 Å². The fraction of sp³-hybridized carbons (Fsp3) is 0.941. The summed E-state index contributed by atoms with van der Waals surface area (Å²) in [5, 5.41) is 9.32. The molecule has 1 heterocycles. The van der Waals surface area contributed by atoms with E-state index in [9.17, 15) is 23.1 Å². The van der Waals surface area contributed by atoms with Gasteiger partial charge in [-0.3, -0.25) is 4.79 Å². The van der Waals surface area contributed by atoms with E-state index in [0.29, 0.717) is 31.3 Å². The summed E-state index contributed by atoms with van der Waals surface area (Å²) in [6.07, 6.45) is 0.265. The summed E-state index contributed by atoms with van der Waals surface area (Å²) >= 11 is 0. The number of carbonyl (C=O) groups is 1. The van der Waals surface area contributed by atoms with Crippen LogP contribution >= 0.6 is 0 Å². The van der Waals surface area contributed by atoms with Crippen LogP contribution in [-0.2, 0) is 4.79 Å². The minimum atomic E-state index is -4.56. The third-order valence-electron chi connectivity index (χ3n) is 5.63. The van der Waals surface area contributed by atoms with Crippen molar-refractivity contribution in [2.75, 3.05) is 13.1 Å². The molecule has 0 aromatic rings. The van der Waals surface area contributed by atoms with Gasteiger partial charge < -0.3 is 10.0 Å². The predicted molar refractivity (Wildman–Crippen MR) is 81.7 cm³/mol. The zero-order chi connectivity index (χ0) is 17.0. The zero-order valence-electron chi connectivity index (χ0n) is 13.8. The first-order chi connectivity index (χ1) is 10.8. The van der Waals surface area contributed by atoms with Crippen molar-refractivity contribution in [1.82, 2.24) is 4.90 Å². The van der Waals surface area contributed by atoms with Gasteiger partial charge in [0.2, 0.25) is 5.91 Å². The average Bonchev–Trinajstić information content (AvgIpc) is 2.54. The Labute approximate surface area is 136 Å². The molecule has 0 radical (unpaired) electrons. The van der Waals surface area contributed by atoms with E-state index in [4.69, 9.17) is 0 Å². The standard InChI is InChI=1S/C17H28F3NO2/c1-12(13-5-3-2-4-6-13)11-15(22)21-9-7-14(8-10-21)16(23)17(18,19)20/h12-14,16,23H,2-11H2,1H3. The van der Waals surface area contributed by atoms with Crippen LogP contribution in [0.25, 0.3) is 0 Å². The van der Waals surface area contributed by atoms with E-state index in [1.54, 1.807) is 4.90 Å². The summed E-state index contributed by atoms with van der Waals surface area (Å²) in [6.45, 7) is 2.77. The van der Waals surface area contributed by atoms with Gasteiger partial charge in [-0.2, -0.15) is 13.2 Å². The number of aliphatic hydroxyl groups is 1. The van der Waals surface area contributed by atoms with Crippen molar-refractivity contribution in [3.8, 4) is 0 Å². The fourth-order valence-corrected chi connectivity index (χ4v) is 4.01. The summed E-state index contributed by atoms with van der Waals surface area (Å²) in [4.78, 5) is 14.0. The first-order valence-corrected chi connectivity index (χ1v) is 8.81. The van der Waals surface area contributed by atoms with Crippen LogP contribution in [0.5, 0.6) is 0 Å². The lowest BCUT2D eigenvalue weighted by atomic mass is 9.79. The minimum Gasteiger partial charge on any atom is -0.383 e. The Bertz CT molecular complexity index is 386. The first-order valence-electron chi connectivity index (χ1n) is 8.81. The number of hydrogen-bond donors (Lipinski definition) is 1. The first kappa shape index (κ1) is 18.6. The van der Waals surface area contributed by atoms with Crippen LogP contribution in [0.1, 0.15) is 58.3 Å². The second-order valence-electron chi connectivity index (χ2n) is 7.28. The third kappa shape index (κ3) is 5.10. The Morgan fingerprint density at radius 3 is 2.17 bits per heavy atom. The van der Waals surface area contributed by atoms with Crippen molar-refractivity contribution in [3.05, 3.63) is 0 Å². The lowest BCUT2D eigenvalue weighted by Crippen LogP contribution is -2.45. The lowest BCUT2D eigenvalue weighted by Gasteiger charge is -2.36. The smallest absolute Gasteiger partial charge is 0.383 e. The highest BCUT2D eigenvalue weighted by Gasteiger charge is 2.44. The molecule has 1 saturated heterocycles. The molecular weight excluding hydrogens is 307 g/mol. The Morgan fingerprint density at radius 1 is 1.09 bits per heavy atom. The van der Waals surface area contributed by atoms with Gasteiger partial charge in [-0.25, -0.2) is 0 Å². The number of carbonyl (C=O) groups excluding carboxylic acids is 1. The van der Waals surface area contributed by atoms with Gasteiger partial charge in [-0.15, -0.1) is 0 Å². The maximum atomic E-state index is 12.5. The molecule has 6 heteroatoms. The van der Waals surface area contributed by atoms with Crippen LogP contribution in [-0.4, -0.2) is 41.3 Å². The van der Waals surface area contributed by atoms with Crippen molar-refractivity contribution >= 4 is 5.91 Å². The molecule has 0 aromatic carbocycles. The molecule has 3 nitrogen and oxygen atoms in total. The quantitative estimate of drug-likeness (QED) is 0.850. The molecule has 0 spiro atoms. The van der Waals surface area contributed by atoms with Crippen molar-refractivity contribution in [2.45, 2.75) is 70.6 Å². The molecule has 1 aliphatic heterocycles. The highest BCUT2D eigenvalue weighted by molar-refractivity contribution is 5.76. The number of piperidine rings is 1. The summed E-state index contributed by atoms with van der Waals surface area (Å²) < 4.78 is 37.6. The SMILES string of the molecule is CC(CC(=O)N1CCC(C(O)C(F)(F)F)CC1)C1CCCCC1. The van der Waals surface area contributed by atoms with Gasteiger partial charge in [-0.05, 0) is 30.6 Å². The third-order valence-corrected chi connectivity index (χ3v) is 5.63. The molecule has 2 aliphatic rings. The van der Waals surface area contributed by atoms with Gasteiger partial charge >= 0.3 is 6.18 Å². The van der Waals surface area contributed by atoms with Crippen molar-refractivity contribution in [2.24, 2.45) is 17.8 Å². The normalized spacial score (nSPS) is 24.5. The van der Waals surface area contributed by atoms with Crippen LogP contribution in [0, 0.1) is 17.8 Å². The van der Waals surface area contributed by atoms with Gasteiger partial charge in [0, 0.05) is 19.5 Å². The van der Waals surface area contributed by atoms with Crippen molar-refractivity contribution in [1.29, 1.82) is 0 Å². The number of rotatable bonds is 4. The van der Waals surface area contributed by atoms with Gasteiger partial charge in [-0.1, -0.05) is 39.0 Å². The van der Waals surface area contributed by atoms with E-state index in [2.05, 4.69) is 6.92 Å². The number of alkyl halides is 3.